The molecule has 0 atom stereocenters. The molecule has 0 saturated carbocycles. The normalized spacial score (nSPS) is 11.3. The molecule has 0 bridgehead atoms. The van der Waals surface area contributed by atoms with Crippen molar-refractivity contribution in [2.45, 2.75) is 52.4 Å². The van der Waals surface area contributed by atoms with E-state index in [-0.39, 0.29) is 0 Å². The molecule has 0 fully saturated rings. The number of thiophene rings is 2. The van der Waals surface area contributed by atoms with Crippen molar-refractivity contribution in [2.75, 3.05) is 0 Å². The van der Waals surface area contributed by atoms with Crippen LogP contribution in [0.5, 0.6) is 0 Å². The first-order valence-corrected chi connectivity index (χ1v) is 8.63. The molecule has 104 valence electrons. The van der Waals surface area contributed by atoms with E-state index in [9.17, 15) is 9.90 Å². The van der Waals surface area contributed by atoms with Crippen LogP contribution < -0.4 is 0 Å². The highest BCUT2D eigenvalue weighted by Gasteiger charge is 2.19. The third-order valence-corrected chi connectivity index (χ3v) is 5.93. The molecule has 0 aliphatic rings. The van der Waals surface area contributed by atoms with Crippen LogP contribution in [0.4, 0.5) is 0 Å². The highest BCUT2D eigenvalue weighted by Crippen LogP contribution is 2.39. The van der Waals surface area contributed by atoms with Crippen LogP contribution >= 0.6 is 22.7 Å². The van der Waals surface area contributed by atoms with Crippen molar-refractivity contribution in [3.63, 3.8) is 0 Å². The van der Waals surface area contributed by atoms with Crippen LogP contribution in [-0.2, 0) is 12.8 Å². The van der Waals surface area contributed by atoms with E-state index in [4.69, 9.17) is 0 Å². The van der Waals surface area contributed by atoms with Crippen LogP contribution in [0.25, 0.3) is 9.40 Å². The monoisotopic (exact) mass is 296 g/mol. The molecule has 2 aromatic heterocycles. The van der Waals surface area contributed by atoms with Gasteiger partial charge in [-0.3, -0.25) is 0 Å². The highest BCUT2D eigenvalue weighted by atomic mass is 32.1. The molecule has 2 heterocycles. The summed E-state index contributed by atoms with van der Waals surface area (Å²) in [6.45, 7) is 4.25. The zero-order chi connectivity index (χ0) is 13.8. The van der Waals surface area contributed by atoms with Gasteiger partial charge >= 0.3 is 5.97 Å². The van der Waals surface area contributed by atoms with E-state index < -0.39 is 5.97 Å². The van der Waals surface area contributed by atoms with Crippen LogP contribution in [0, 0.1) is 0 Å². The Morgan fingerprint density at radius 2 is 2.00 bits per heavy atom. The van der Waals surface area contributed by atoms with Gasteiger partial charge in [-0.05, 0) is 35.8 Å². The van der Waals surface area contributed by atoms with Crippen molar-refractivity contribution in [1.29, 1.82) is 0 Å². The number of hydrogen-bond donors (Lipinski definition) is 1. The van der Waals surface area contributed by atoms with Gasteiger partial charge in [-0.25, -0.2) is 4.79 Å². The third kappa shape index (κ3) is 3.00. The minimum Gasteiger partial charge on any atom is -0.477 e. The van der Waals surface area contributed by atoms with Gasteiger partial charge < -0.3 is 5.11 Å². The van der Waals surface area contributed by atoms with Gasteiger partial charge in [0.25, 0.3) is 0 Å². The Balaban J connectivity index is 2.24. The molecule has 0 aliphatic heterocycles. The summed E-state index contributed by atoms with van der Waals surface area (Å²) in [4.78, 5) is 11.8. The Morgan fingerprint density at radius 1 is 1.21 bits per heavy atom. The van der Waals surface area contributed by atoms with E-state index in [2.05, 4.69) is 12.3 Å². The van der Waals surface area contributed by atoms with Crippen molar-refractivity contribution in [1.82, 2.24) is 0 Å². The van der Waals surface area contributed by atoms with Crippen molar-refractivity contribution in [2.24, 2.45) is 0 Å². The van der Waals surface area contributed by atoms with Crippen molar-refractivity contribution < 1.29 is 9.90 Å². The van der Waals surface area contributed by atoms with Crippen LogP contribution in [0.1, 0.15) is 60.3 Å². The second-order valence-electron chi connectivity index (χ2n) is 4.80. The lowest BCUT2D eigenvalue weighted by molar-refractivity contribution is 0.0701. The SMILES string of the molecule is CCCCCCc1csc2c(CC)c(C(=O)O)sc12. The van der Waals surface area contributed by atoms with E-state index in [1.54, 1.807) is 11.3 Å². The summed E-state index contributed by atoms with van der Waals surface area (Å²) >= 11 is 3.18. The molecule has 0 radical (unpaired) electrons. The molecular weight excluding hydrogens is 276 g/mol. The maximum Gasteiger partial charge on any atom is 0.346 e. The van der Waals surface area contributed by atoms with E-state index in [1.165, 1.54) is 52.0 Å². The second-order valence-corrected chi connectivity index (χ2v) is 6.70. The Kier molecular flexibility index (Phi) is 4.99. The van der Waals surface area contributed by atoms with Crippen LogP contribution in [-0.4, -0.2) is 11.1 Å². The summed E-state index contributed by atoms with van der Waals surface area (Å²) in [5, 5.41) is 11.5. The molecule has 0 saturated heterocycles. The molecule has 19 heavy (non-hydrogen) atoms. The quantitative estimate of drug-likeness (QED) is 0.700. The van der Waals surface area contributed by atoms with Gasteiger partial charge in [0, 0.05) is 9.40 Å². The first-order valence-electron chi connectivity index (χ1n) is 6.94. The molecule has 0 aliphatic carbocycles. The topological polar surface area (TPSA) is 37.3 Å². The van der Waals surface area contributed by atoms with Crippen LogP contribution in [0.2, 0.25) is 0 Å². The minimum atomic E-state index is -0.776. The molecule has 2 aromatic rings. The second kappa shape index (κ2) is 6.53. The van der Waals surface area contributed by atoms with E-state index in [1.807, 2.05) is 6.92 Å². The number of unbranched alkanes of at least 4 members (excludes halogenated alkanes) is 3. The van der Waals surface area contributed by atoms with Crippen LogP contribution in [0.15, 0.2) is 5.38 Å². The van der Waals surface area contributed by atoms with E-state index in [0.717, 1.165) is 18.4 Å². The summed E-state index contributed by atoms with van der Waals surface area (Å²) in [5.74, 6) is -0.776. The van der Waals surface area contributed by atoms with Crippen molar-refractivity contribution in [3.8, 4) is 0 Å². The average Bonchev–Trinajstić information content (AvgIpc) is 2.93. The summed E-state index contributed by atoms with van der Waals surface area (Å²) < 4.78 is 2.42. The summed E-state index contributed by atoms with van der Waals surface area (Å²) in [6, 6.07) is 0. The molecule has 2 nitrogen and oxygen atoms in total. The highest BCUT2D eigenvalue weighted by molar-refractivity contribution is 7.28. The fourth-order valence-corrected chi connectivity index (χ4v) is 5.08. The predicted octanol–water partition coefficient (Wildman–Crippen LogP) is 5.35. The summed E-state index contributed by atoms with van der Waals surface area (Å²) in [5.41, 5.74) is 2.38. The molecule has 0 spiro atoms. The number of aromatic carboxylic acids is 1. The standard InChI is InChI=1S/C15H20O2S2/c1-3-5-6-7-8-10-9-18-13-11(4-2)14(15(16)17)19-12(10)13/h9H,3-8H2,1-2H3,(H,16,17). The Labute approximate surface area is 122 Å². The van der Waals surface area contributed by atoms with E-state index in [0.29, 0.717) is 4.88 Å². The largest absolute Gasteiger partial charge is 0.477 e. The minimum absolute atomic E-state index is 0.541. The molecular formula is C15H20O2S2. The van der Waals surface area contributed by atoms with Crippen LogP contribution in [0.3, 0.4) is 0 Å². The zero-order valence-electron chi connectivity index (χ0n) is 11.5. The number of carboxylic acid groups (broad SMARTS) is 1. The predicted molar refractivity (Wildman–Crippen MR) is 83.9 cm³/mol. The number of carboxylic acids is 1. The number of carbonyl (C=O) groups is 1. The molecule has 2 rings (SSSR count). The van der Waals surface area contributed by atoms with Gasteiger partial charge in [-0.2, -0.15) is 0 Å². The van der Waals surface area contributed by atoms with Gasteiger partial charge in [-0.1, -0.05) is 33.1 Å². The van der Waals surface area contributed by atoms with Crippen molar-refractivity contribution >= 4 is 38.0 Å². The first-order chi connectivity index (χ1) is 9.19. The van der Waals surface area contributed by atoms with Gasteiger partial charge in [0.15, 0.2) is 0 Å². The maximum atomic E-state index is 11.3. The lowest BCUT2D eigenvalue weighted by atomic mass is 10.1. The van der Waals surface area contributed by atoms with Gasteiger partial charge in [0.1, 0.15) is 4.88 Å². The first kappa shape index (κ1) is 14.5. The molecule has 1 N–H and O–H groups in total. The third-order valence-electron chi connectivity index (χ3n) is 3.42. The smallest absolute Gasteiger partial charge is 0.346 e. The lowest BCUT2D eigenvalue weighted by Crippen LogP contribution is -1.95. The number of rotatable bonds is 7. The molecule has 0 amide bonds. The number of aryl methyl sites for hydroxylation is 2. The van der Waals surface area contributed by atoms with Crippen molar-refractivity contribution in [3.05, 3.63) is 21.4 Å². The van der Waals surface area contributed by atoms with Gasteiger partial charge in [-0.15, -0.1) is 22.7 Å². The number of fused-ring (bicyclic) bond motifs is 1. The Morgan fingerprint density at radius 3 is 2.63 bits per heavy atom. The Hall–Kier alpha value is -0.870. The van der Waals surface area contributed by atoms with Gasteiger partial charge in [0.05, 0.1) is 0 Å². The maximum absolute atomic E-state index is 11.3. The van der Waals surface area contributed by atoms with E-state index >= 15 is 0 Å². The fourth-order valence-electron chi connectivity index (χ4n) is 2.38. The van der Waals surface area contributed by atoms with Gasteiger partial charge in [0.2, 0.25) is 0 Å². The lowest BCUT2D eigenvalue weighted by Gasteiger charge is -1.97. The molecule has 0 aromatic carbocycles. The fraction of sp³-hybridized carbons (Fsp3) is 0.533. The summed E-state index contributed by atoms with van der Waals surface area (Å²) in [7, 11) is 0. The average molecular weight is 296 g/mol. The molecule has 0 unspecified atom stereocenters. The molecule has 4 heteroatoms. The number of hydrogen-bond acceptors (Lipinski definition) is 3. The zero-order valence-corrected chi connectivity index (χ0v) is 13.1. The summed E-state index contributed by atoms with van der Waals surface area (Å²) in [6.07, 6.45) is 6.91. The Bertz CT molecular complexity index is 566.